The van der Waals surface area contributed by atoms with Crippen molar-refractivity contribution in [3.05, 3.63) is 53.6 Å². The first kappa shape index (κ1) is 20.6. The molecule has 0 radical (unpaired) electrons. The molecule has 2 rings (SSSR count). The predicted octanol–water partition coefficient (Wildman–Crippen LogP) is 2.09. The minimum atomic E-state index is -3.72. The van der Waals surface area contributed by atoms with E-state index in [0.717, 1.165) is 21.7 Å². The number of amides is 1. The number of anilines is 1. The highest BCUT2D eigenvalue weighted by Gasteiger charge is 2.24. The third-order valence-electron chi connectivity index (χ3n) is 4.08. The van der Waals surface area contributed by atoms with Crippen molar-refractivity contribution in [3.63, 3.8) is 0 Å². The number of carbonyl (C=O) groups is 1. The highest BCUT2D eigenvalue weighted by atomic mass is 32.2. The zero-order valence-electron chi connectivity index (χ0n) is 15.9. The number of ether oxygens (including phenoxy) is 2. The van der Waals surface area contributed by atoms with Crippen LogP contribution in [0, 0.1) is 6.92 Å². The van der Waals surface area contributed by atoms with Crippen molar-refractivity contribution in [2.75, 3.05) is 31.3 Å². The van der Waals surface area contributed by atoms with Crippen molar-refractivity contribution in [1.29, 1.82) is 0 Å². The first-order valence-corrected chi connectivity index (χ1v) is 10.1. The van der Waals surface area contributed by atoms with Gasteiger partial charge in [-0.25, -0.2) is 8.42 Å². The van der Waals surface area contributed by atoms with E-state index in [1.54, 1.807) is 12.1 Å². The van der Waals surface area contributed by atoms with Gasteiger partial charge in [0, 0.05) is 12.6 Å². The first-order chi connectivity index (χ1) is 12.8. The van der Waals surface area contributed by atoms with Gasteiger partial charge in [-0.05, 0) is 30.2 Å². The molecule has 0 unspecified atom stereocenters. The van der Waals surface area contributed by atoms with Crippen molar-refractivity contribution in [2.24, 2.45) is 0 Å². The summed E-state index contributed by atoms with van der Waals surface area (Å²) in [6.45, 7) is 1.90. The van der Waals surface area contributed by atoms with E-state index in [4.69, 9.17) is 9.47 Å². The molecule has 8 heteroatoms. The number of nitrogens with zero attached hydrogens (tertiary/aromatic N) is 1. The maximum atomic E-state index is 12.4. The summed E-state index contributed by atoms with van der Waals surface area (Å²) < 4.78 is 36.0. The topological polar surface area (TPSA) is 84.9 Å². The van der Waals surface area contributed by atoms with Gasteiger partial charge >= 0.3 is 0 Å². The molecule has 0 heterocycles. The Bertz CT molecular complexity index is 912. The number of benzene rings is 2. The van der Waals surface area contributed by atoms with Crippen molar-refractivity contribution in [2.45, 2.75) is 13.5 Å². The Morgan fingerprint density at radius 2 is 1.81 bits per heavy atom. The van der Waals surface area contributed by atoms with E-state index in [2.05, 4.69) is 5.32 Å². The smallest absolute Gasteiger partial charge is 0.241 e. The molecule has 0 atom stereocenters. The van der Waals surface area contributed by atoms with Gasteiger partial charge in [0.15, 0.2) is 0 Å². The molecule has 2 aromatic rings. The summed E-state index contributed by atoms with van der Waals surface area (Å²) >= 11 is 0. The second kappa shape index (κ2) is 8.77. The number of rotatable bonds is 8. The summed E-state index contributed by atoms with van der Waals surface area (Å²) in [6, 6.07) is 12.4. The van der Waals surface area contributed by atoms with Gasteiger partial charge in [0.05, 0.1) is 26.2 Å². The molecule has 0 bridgehead atoms. The highest BCUT2D eigenvalue weighted by Crippen LogP contribution is 2.33. The van der Waals surface area contributed by atoms with Gasteiger partial charge < -0.3 is 14.8 Å². The molecular formula is C19H24N2O5S. The molecule has 0 spiro atoms. The second-order valence-corrected chi connectivity index (χ2v) is 7.92. The van der Waals surface area contributed by atoms with E-state index in [1.807, 2.05) is 31.2 Å². The van der Waals surface area contributed by atoms with Crippen LogP contribution in [-0.2, 0) is 21.4 Å². The van der Waals surface area contributed by atoms with Crippen LogP contribution in [0.1, 0.15) is 11.1 Å². The van der Waals surface area contributed by atoms with Gasteiger partial charge in [-0.15, -0.1) is 0 Å². The van der Waals surface area contributed by atoms with Crippen LogP contribution in [0.25, 0.3) is 0 Å². The second-order valence-electron chi connectivity index (χ2n) is 6.01. The molecule has 2 aromatic carbocycles. The minimum absolute atomic E-state index is 0.241. The van der Waals surface area contributed by atoms with Crippen LogP contribution in [0.3, 0.4) is 0 Å². The van der Waals surface area contributed by atoms with Crippen molar-refractivity contribution in [3.8, 4) is 11.5 Å². The SMILES string of the molecule is COc1ccc(OC)c(N(CC(=O)NCc2ccccc2C)S(C)(=O)=O)c1. The Morgan fingerprint density at radius 3 is 2.41 bits per heavy atom. The Balaban J connectivity index is 2.23. The Labute approximate surface area is 160 Å². The summed E-state index contributed by atoms with van der Waals surface area (Å²) in [5.74, 6) is 0.362. The van der Waals surface area contributed by atoms with Crippen molar-refractivity contribution < 1.29 is 22.7 Å². The highest BCUT2D eigenvalue weighted by molar-refractivity contribution is 7.92. The lowest BCUT2D eigenvalue weighted by atomic mass is 10.1. The molecule has 27 heavy (non-hydrogen) atoms. The lowest BCUT2D eigenvalue weighted by Crippen LogP contribution is -2.40. The molecule has 0 aliphatic carbocycles. The quantitative estimate of drug-likeness (QED) is 0.744. The monoisotopic (exact) mass is 392 g/mol. The Kier molecular flexibility index (Phi) is 6.68. The Morgan fingerprint density at radius 1 is 1.11 bits per heavy atom. The third kappa shape index (κ3) is 5.37. The standard InChI is InChI=1S/C19H24N2O5S/c1-14-7-5-6-8-15(14)12-20-19(22)13-21(27(4,23)24)17-11-16(25-2)9-10-18(17)26-3/h5-11H,12-13H2,1-4H3,(H,20,22). The largest absolute Gasteiger partial charge is 0.497 e. The minimum Gasteiger partial charge on any atom is -0.497 e. The average molecular weight is 392 g/mol. The lowest BCUT2D eigenvalue weighted by molar-refractivity contribution is -0.119. The van der Waals surface area contributed by atoms with Crippen LogP contribution in [0.5, 0.6) is 11.5 Å². The van der Waals surface area contributed by atoms with Crippen LogP contribution in [0.2, 0.25) is 0 Å². The number of methoxy groups -OCH3 is 2. The van der Waals surface area contributed by atoms with Crippen LogP contribution in [-0.4, -0.2) is 41.3 Å². The van der Waals surface area contributed by atoms with Crippen molar-refractivity contribution >= 4 is 21.6 Å². The molecule has 7 nitrogen and oxygen atoms in total. The molecule has 0 fully saturated rings. The lowest BCUT2D eigenvalue weighted by Gasteiger charge is -2.24. The normalized spacial score (nSPS) is 11.0. The summed E-state index contributed by atoms with van der Waals surface area (Å²) in [7, 11) is -0.813. The maximum Gasteiger partial charge on any atom is 0.241 e. The van der Waals surface area contributed by atoms with Gasteiger partial charge in [0.25, 0.3) is 0 Å². The fraction of sp³-hybridized carbons (Fsp3) is 0.316. The van der Waals surface area contributed by atoms with Crippen LogP contribution < -0.4 is 19.1 Å². The number of sulfonamides is 1. The zero-order valence-corrected chi connectivity index (χ0v) is 16.7. The number of aryl methyl sites for hydroxylation is 1. The summed E-state index contributed by atoms with van der Waals surface area (Å²) in [4.78, 5) is 12.4. The number of hydrogen-bond acceptors (Lipinski definition) is 5. The third-order valence-corrected chi connectivity index (χ3v) is 5.21. The van der Waals surface area contributed by atoms with E-state index >= 15 is 0 Å². The van der Waals surface area contributed by atoms with Gasteiger partial charge in [0.1, 0.15) is 18.0 Å². The molecule has 146 valence electrons. The van der Waals surface area contributed by atoms with E-state index in [-0.39, 0.29) is 12.2 Å². The molecular weight excluding hydrogens is 368 g/mol. The van der Waals surface area contributed by atoms with Crippen LogP contribution in [0.15, 0.2) is 42.5 Å². The van der Waals surface area contributed by atoms with Gasteiger partial charge in [-0.1, -0.05) is 24.3 Å². The predicted molar refractivity (Wildman–Crippen MR) is 105 cm³/mol. The van der Waals surface area contributed by atoms with E-state index in [9.17, 15) is 13.2 Å². The summed E-state index contributed by atoms with van der Waals surface area (Å²) in [5, 5.41) is 2.76. The molecule has 1 amide bonds. The van der Waals surface area contributed by atoms with Crippen molar-refractivity contribution in [1.82, 2.24) is 5.32 Å². The molecule has 0 aliphatic rings. The fourth-order valence-electron chi connectivity index (χ4n) is 2.56. The average Bonchev–Trinajstić information content (AvgIpc) is 2.64. The fourth-order valence-corrected chi connectivity index (χ4v) is 3.41. The molecule has 0 aliphatic heterocycles. The van der Waals surface area contributed by atoms with Gasteiger partial charge in [-0.2, -0.15) is 0 Å². The summed E-state index contributed by atoms with van der Waals surface area (Å²) in [5.41, 5.74) is 2.26. The van der Waals surface area contributed by atoms with E-state index in [1.165, 1.54) is 20.3 Å². The van der Waals surface area contributed by atoms with Gasteiger partial charge in [-0.3, -0.25) is 9.10 Å². The maximum absolute atomic E-state index is 12.4. The molecule has 0 saturated heterocycles. The zero-order chi connectivity index (χ0) is 20.0. The molecule has 0 saturated carbocycles. The van der Waals surface area contributed by atoms with Gasteiger partial charge in [0.2, 0.25) is 15.9 Å². The summed E-state index contributed by atoms with van der Waals surface area (Å²) in [6.07, 6.45) is 1.04. The molecule has 0 aromatic heterocycles. The first-order valence-electron chi connectivity index (χ1n) is 8.27. The number of carbonyl (C=O) groups excluding carboxylic acids is 1. The van der Waals surface area contributed by atoms with Crippen LogP contribution >= 0.6 is 0 Å². The van der Waals surface area contributed by atoms with Crippen LogP contribution in [0.4, 0.5) is 5.69 Å². The number of hydrogen-bond donors (Lipinski definition) is 1. The number of nitrogens with one attached hydrogen (secondary N) is 1. The van der Waals surface area contributed by atoms with E-state index < -0.39 is 15.9 Å². The van der Waals surface area contributed by atoms with E-state index in [0.29, 0.717) is 18.0 Å². The Hall–Kier alpha value is -2.74. The molecule has 1 N–H and O–H groups in total.